The molecule has 1 aromatic rings. The summed E-state index contributed by atoms with van der Waals surface area (Å²) in [5.41, 5.74) is 6.11. The number of hydrogen-bond donors (Lipinski definition) is 4. The van der Waals surface area contributed by atoms with Crippen molar-refractivity contribution in [1.82, 2.24) is 5.32 Å². The second-order valence-electron chi connectivity index (χ2n) is 3.13. The molecular formula is C10H16N2O2. The molecule has 0 fully saturated rings. The zero-order valence-electron chi connectivity index (χ0n) is 8.03. The van der Waals surface area contributed by atoms with Gasteiger partial charge >= 0.3 is 0 Å². The van der Waals surface area contributed by atoms with E-state index in [2.05, 4.69) is 5.32 Å². The summed E-state index contributed by atoms with van der Waals surface area (Å²) in [6.45, 7) is 2.08. The average molecular weight is 196 g/mol. The van der Waals surface area contributed by atoms with Crippen molar-refractivity contribution >= 4 is 0 Å². The van der Waals surface area contributed by atoms with Crippen LogP contribution in [0, 0.1) is 0 Å². The molecule has 78 valence electrons. The molecular weight excluding hydrogens is 180 g/mol. The molecule has 4 nitrogen and oxygen atoms in total. The minimum Gasteiger partial charge on any atom is -0.508 e. The van der Waals surface area contributed by atoms with E-state index >= 15 is 0 Å². The maximum Gasteiger partial charge on any atom is 0.123 e. The van der Waals surface area contributed by atoms with Crippen molar-refractivity contribution in [3.63, 3.8) is 0 Å². The second kappa shape index (κ2) is 5.47. The number of nitrogens with two attached hydrogens (primary N) is 1. The Morgan fingerprint density at radius 2 is 2.07 bits per heavy atom. The SMILES string of the molecule is NCCCNCc1ccc(O)cc1O. The number of rotatable bonds is 5. The van der Waals surface area contributed by atoms with Gasteiger partial charge in [0, 0.05) is 18.2 Å². The minimum atomic E-state index is 0.0770. The molecule has 0 bridgehead atoms. The lowest BCUT2D eigenvalue weighted by molar-refractivity contribution is 0.443. The Kier molecular flexibility index (Phi) is 4.22. The Bertz CT molecular complexity index is 289. The molecule has 0 amide bonds. The third-order valence-corrected chi connectivity index (χ3v) is 1.94. The first-order valence-electron chi connectivity index (χ1n) is 4.65. The molecule has 0 aliphatic heterocycles. The van der Waals surface area contributed by atoms with Crippen LogP contribution in [0.1, 0.15) is 12.0 Å². The minimum absolute atomic E-state index is 0.0770. The maximum absolute atomic E-state index is 9.42. The molecule has 0 unspecified atom stereocenters. The number of phenols is 2. The average Bonchev–Trinajstić information content (AvgIpc) is 2.15. The van der Waals surface area contributed by atoms with Crippen molar-refractivity contribution < 1.29 is 10.2 Å². The van der Waals surface area contributed by atoms with Crippen LogP contribution in [0.2, 0.25) is 0 Å². The lowest BCUT2D eigenvalue weighted by Crippen LogP contribution is -2.17. The summed E-state index contributed by atoms with van der Waals surface area (Å²) in [4.78, 5) is 0. The van der Waals surface area contributed by atoms with Crippen molar-refractivity contribution in [2.45, 2.75) is 13.0 Å². The van der Waals surface area contributed by atoms with Crippen LogP contribution in [-0.2, 0) is 6.54 Å². The summed E-state index contributed by atoms with van der Waals surface area (Å²) in [5, 5.41) is 21.6. The van der Waals surface area contributed by atoms with Crippen LogP contribution in [0.15, 0.2) is 18.2 Å². The Balaban J connectivity index is 2.42. The molecule has 0 aliphatic rings. The summed E-state index contributed by atoms with van der Waals surface area (Å²) >= 11 is 0. The number of nitrogens with one attached hydrogen (secondary N) is 1. The van der Waals surface area contributed by atoms with E-state index in [0.717, 1.165) is 18.5 Å². The van der Waals surface area contributed by atoms with Gasteiger partial charge in [-0.25, -0.2) is 0 Å². The summed E-state index contributed by atoms with van der Waals surface area (Å²) < 4.78 is 0. The van der Waals surface area contributed by atoms with E-state index in [1.54, 1.807) is 12.1 Å². The zero-order valence-corrected chi connectivity index (χ0v) is 8.03. The fourth-order valence-electron chi connectivity index (χ4n) is 1.15. The molecule has 0 saturated heterocycles. The Hall–Kier alpha value is -1.26. The van der Waals surface area contributed by atoms with Crippen LogP contribution in [0.25, 0.3) is 0 Å². The lowest BCUT2D eigenvalue weighted by atomic mass is 10.2. The highest BCUT2D eigenvalue weighted by molar-refractivity contribution is 5.38. The van der Waals surface area contributed by atoms with Gasteiger partial charge in [-0.1, -0.05) is 6.07 Å². The van der Waals surface area contributed by atoms with E-state index in [9.17, 15) is 5.11 Å². The van der Waals surface area contributed by atoms with Crippen LogP contribution in [0.3, 0.4) is 0 Å². The van der Waals surface area contributed by atoms with Crippen LogP contribution < -0.4 is 11.1 Å². The maximum atomic E-state index is 9.42. The highest BCUT2D eigenvalue weighted by Gasteiger charge is 2.00. The Morgan fingerprint density at radius 1 is 1.29 bits per heavy atom. The van der Waals surface area contributed by atoms with Gasteiger partial charge in [0.05, 0.1) is 0 Å². The Morgan fingerprint density at radius 3 is 2.71 bits per heavy atom. The molecule has 14 heavy (non-hydrogen) atoms. The van der Waals surface area contributed by atoms with Crippen molar-refractivity contribution in [3.8, 4) is 11.5 Å². The molecule has 0 heterocycles. The van der Waals surface area contributed by atoms with Gasteiger partial charge in [0.1, 0.15) is 11.5 Å². The number of phenolic OH excluding ortho intramolecular Hbond substituents is 2. The summed E-state index contributed by atoms with van der Waals surface area (Å²) in [6, 6.07) is 4.58. The number of aromatic hydroxyl groups is 2. The third kappa shape index (κ3) is 3.24. The van der Waals surface area contributed by atoms with Gasteiger partial charge in [0.2, 0.25) is 0 Å². The largest absolute Gasteiger partial charge is 0.508 e. The first kappa shape index (κ1) is 10.8. The van der Waals surface area contributed by atoms with E-state index in [-0.39, 0.29) is 11.5 Å². The predicted molar refractivity (Wildman–Crippen MR) is 55.1 cm³/mol. The van der Waals surface area contributed by atoms with E-state index in [1.165, 1.54) is 6.07 Å². The summed E-state index contributed by atoms with van der Waals surface area (Å²) in [6.07, 6.45) is 0.916. The normalized spacial score (nSPS) is 10.4. The zero-order chi connectivity index (χ0) is 10.4. The molecule has 0 aliphatic carbocycles. The lowest BCUT2D eigenvalue weighted by Gasteiger charge is -2.06. The standard InChI is InChI=1S/C10H16N2O2/c11-4-1-5-12-7-8-2-3-9(13)6-10(8)14/h2-3,6,12-14H,1,4-5,7,11H2. The van der Waals surface area contributed by atoms with E-state index in [4.69, 9.17) is 10.8 Å². The highest BCUT2D eigenvalue weighted by Crippen LogP contribution is 2.21. The van der Waals surface area contributed by atoms with Gasteiger partial charge in [0.15, 0.2) is 0 Å². The quantitative estimate of drug-likeness (QED) is 0.518. The third-order valence-electron chi connectivity index (χ3n) is 1.94. The van der Waals surface area contributed by atoms with Gasteiger partial charge in [-0.15, -0.1) is 0 Å². The molecule has 0 aromatic heterocycles. The molecule has 0 radical (unpaired) electrons. The van der Waals surface area contributed by atoms with E-state index < -0.39 is 0 Å². The molecule has 1 aromatic carbocycles. The highest BCUT2D eigenvalue weighted by atomic mass is 16.3. The van der Waals surface area contributed by atoms with Crippen LogP contribution in [-0.4, -0.2) is 23.3 Å². The molecule has 4 heteroatoms. The van der Waals surface area contributed by atoms with Crippen molar-refractivity contribution in [1.29, 1.82) is 0 Å². The van der Waals surface area contributed by atoms with Gasteiger partial charge < -0.3 is 21.3 Å². The molecule has 0 atom stereocenters. The van der Waals surface area contributed by atoms with Crippen LogP contribution in [0.4, 0.5) is 0 Å². The van der Waals surface area contributed by atoms with Gasteiger partial charge in [-0.3, -0.25) is 0 Å². The summed E-state index contributed by atoms with van der Waals surface area (Å²) in [7, 11) is 0. The fraction of sp³-hybridized carbons (Fsp3) is 0.400. The first-order valence-corrected chi connectivity index (χ1v) is 4.65. The van der Waals surface area contributed by atoms with E-state index in [0.29, 0.717) is 13.1 Å². The van der Waals surface area contributed by atoms with Crippen molar-refractivity contribution in [2.75, 3.05) is 13.1 Å². The monoisotopic (exact) mass is 196 g/mol. The van der Waals surface area contributed by atoms with E-state index in [1.807, 2.05) is 0 Å². The topological polar surface area (TPSA) is 78.5 Å². The molecule has 5 N–H and O–H groups in total. The number of hydrogen-bond acceptors (Lipinski definition) is 4. The van der Waals surface area contributed by atoms with Crippen LogP contribution >= 0.6 is 0 Å². The fourth-order valence-corrected chi connectivity index (χ4v) is 1.15. The van der Waals surface area contributed by atoms with Gasteiger partial charge in [0.25, 0.3) is 0 Å². The molecule has 0 spiro atoms. The smallest absolute Gasteiger partial charge is 0.123 e. The van der Waals surface area contributed by atoms with Gasteiger partial charge in [-0.2, -0.15) is 0 Å². The predicted octanol–water partition coefficient (Wildman–Crippen LogP) is 0.536. The first-order chi connectivity index (χ1) is 6.74. The summed E-state index contributed by atoms with van der Waals surface area (Å²) in [5.74, 6) is 0.193. The molecule has 0 saturated carbocycles. The number of benzene rings is 1. The van der Waals surface area contributed by atoms with Gasteiger partial charge in [-0.05, 0) is 25.6 Å². The van der Waals surface area contributed by atoms with Crippen LogP contribution in [0.5, 0.6) is 11.5 Å². The second-order valence-corrected chi connectivity index (χ2v) is 3.13. The van der Waals surface area contributed by atoms with Crippen molar-refractivity contribution in [3.05, 3.63) is 23.8 Å². The van der Waals surface area contributed by atoms with Crippen molar-refractivity contribution in [2.24, 2.45) is 5.73 Å². The molecule has 1 rings (SSSR count). The Labute approximate surface area is 83.4 Å².